The fourth-order valence-electron chi connectivity index (χ4n) is 8.53. The summed E-state index contributed by atoms with van der Waals surface area (Å²) in [5.74, 6) is 0.210. The highest BCUT2D eigenvalue weighted by molar-refractivity contribution is 6.12. The van der Waals surface area contributed by atoms with Gasteiger partial charge >= 0.3 is 0 Å². The van der Waals surface area contributed by atoms with Crippen LogP contribution >= 0.6 is 12.4 Å². The van der Waals surface area contributed by atoms with E-state index in [0.717, 1.165) is 75.5 Å². The number of aromatic nitrogens is 1. The zero-order valence-electron chi connectivity index (χ0n) is 31.0. The molecular weight excluding hydrogens is 735 g/mol. The molecule has 0 aliphatic carbocycles. The summed E-state index contributed by atoms with van der Waals surface area (Å²) in [6, 6.07) is 26.1. The van der Waals surface area contributed by atoms with E-state index < -0.39 is 5.82 Å². The first-order valence-electron chi connectivity index (χ1n) is 19.1. The van der Waals surface area contributed by atoms with Gasteiger partial charge in [-0.05, 0) is 104 Å². The van der Waals surface area contributed by atoms with Gasteiger partial charge in [-0.2, -0.15) is 0 Å². The zero-order chi connectivity index (χ0) is 37.5. The average Bonchev–Trinajstić information content (AvgIpc) is 3.85. The lowest BCUT2D eigenvalue weighted by Crippen LogP contribution is -2.47. The number of rotatable bonds is 8. The quantitative estimate of drug-likeness (QED) is 0.172. The number of carbonyl (C=O) groups is 2. The Bertz CT molecular complexity index is 2250. The molecule has 290 valence electrons. The van der Waals surface area contributed by atoms with Crippen molar-refractivity contribution in [2.45, 2.75) is 51.2 Å². The first-order chi connectivity index (χ1) is 26.9. The maximum atomic E-state index is 15.2. The molecule has 0 unspecified atom stereocenters. The molecule has 5 aromatic rings. The minimum absolute atomic E-state index is 0. The first-order valence-corrected chi connectivity index (χ1v) is 19.1. The normalized spacial score (nSPS) is 17.4. The number of hydrogen-bond donors (Lipinski definition) is 1. The number of phenolic OH excluding ortho intramolecular Hbond substituents is 1. The zero-order valence-corrected chi connectivity index (χ0v) is 31.8. The van der Waals surface area contributed by atoms with Crippen molar-refractivity contribution < 1.29 is 33.3 Å². The molecular formula is C44H44ClFN4O6. The number of nitrogens with zero attached hydrogens (tertiary/aromatic N) is 4. The molecule has 0 radical (unpaired) electrons. The SMILES string of the molecule is Cl.O=C(c1cc(-c2cc3c(cc2C(=O)N2Cc4ccccc4C[C@H]2CCN2CCOCC2)OCO3)n2c1CCCC2)N(c1ccc(O)cc1)c1cccc(F)c1. The van der Waals surface area contributed by atoms with Crippen LogP contribution in [0.4, 0.5) is 15.8 Å². The molecule has 1 atom stereocenters. The third kappa shape index (κ3) is 7.22. The number of benzene rings is 4. The number of morpholine rings is 1. The van der Waals surface area contributed by atoms with Crippen molar-refractivity contribution in [1.29, 1.82) is 0 Å². The van der Waals surface area contributed by atoms with Crippen LogP contribution in [0.3, 0.4) is 0 Å². The molecule has 4 aliphatic heterocycles. The van der Waals surface area contributed by atoms with Gasteiger partial charge in [-0.3, -0.25) is 19.4 Å². The van der Waals surface area contributed by atoms with Crippen LogP contribution in [-0.4, -0.2) is 77.0 Å². The van der Waals surface area contributed by atoms with Crippen molar-refractivity contribution in [3.8, 4) is 28.5 Å². The molecule has 1 saturated heterocycles. The molecule has 0 bridgehead atoms. The lowest BCUT2D eigenvalue weighted by atomic mass is 9.90. The number of hydrogen-bond acceptors (Lipinski definition) is 7. The fraction of sp³-hybridized carbons (Fsp3) is 0.318. The van der Waals surface area contributed by atoms with Gasteiger partial charge in [0.2, 0.25) is 6.79 Å². The van der Waals surface area contributed by atoms with Gasteiger partial charge in [0.15, 0.2) is 11.5 Å². The highest BCUT2D eigenvalue weighted by Gasteiger charge is 2.35. The summed E-state index contributed by atoms with van der Waals surface area (Å²) in [6.45, 7) is 5.28. The molecule has 1 N–H and O–H groups in total. The molecule has 0 saturated carbocycles. The molecule has 2 amide bonds. The lowest BCUT2D eigenvalue weighted by molar-refractivity contribution is 0.0308. The smallest absolute Gasteiger partial charge is 0.264 e. The van der Waals surface area contributed by atoms with E-state index in [1.165, 1.54) is 34.7 Å². The largest absolute Gasteiger partial charge is 0.508 e. The van der Waals surface area contributed by atoms with E-state index in [0.29, 0.717) is 59.1 Å². The number of aromatic hydroxyl groups is 1. The van der Waals surface area contributed by atoms with E-state index in [4.69, 9.17) is 14.2 Å². The van der Waals surface area contributed by atoms with Crippen LogP contribution in [0.25, 0.3) is 11.3 Å². The van der Waals surface area contributed by atoms with Crippen LogP contribution in [0.1, 0.15) is 56.8 Å². The van der Waals surface area contributed by atoms with Gasteiger partial charge in [-0.25, -0.2) is 4.39 Å². The van der Waals surface area contributed by atoms with Crippen molar-refractivity contribution in [2.75, 3.05) is 44.5 Å². The second-order valence-electron chi connectivity index (χ2n) is 14.7. The van der Waals surface area contributed by atoms with Gasteiger partial charge in [-0.15, -0.1) is 12.4 Å². The maximum absolute atomic E-state index is 15.2. The summed E-state index contributed by atoms with van der Waals surface area (Å²) in [5, 5.41) is 10.1. The number of amides is 2. The van der Waals surface area contributed by atoms with Crippen LogP contribution in [0, 0.1) is 5.82 Å². The Labute approximate surface area is 331 Å². The molecule has 1 aromatic heterocycles. The van der Waals surface area contributed by atoms with E-state index in [-0.39, 0.29) is 42.8 Å². The highest BCUT2D eigenvalue weighted by atomic mass is 35.5. The number of fused-ring (bicyclic) bond motifs is 3. The van der Waals surface area contributed by atoms with Gasteiger partial charge in [0.05, 0.1) is 30.0 Å². The van der Waals surface area contributed by atoms with Gasteiger partial charge < -0.3 is 28.8 Å². The van der Waals surface area contributed by atoms with Crippen LogP contribution < -0.4 is 14.4 Å². The molecule has 1 fully saturated rings. The van der Waals surface area contributed by atoms with E-state index >= 15 is 4.79 Å². The topological polar surface area (TPSA) is 96.7 Å². The third-order valence-electron chi connectivity index (χ3n) is 11.4. The highest BCUT2D eigenvalue weighted by Crippen LogP contribution is 2.43. The third-order valence-corrected chi connectivity index (χ3v) is 11.4. The number of anilines is 2. The second kappa shape index (κ2) is 16.0. The summed E-state index contributed by atoms with van der Waals surface area (Å²) in [6.07, 6.45) is 4.06. The maximum Gasteiger partial charge on any atom is 0.264 e. The summed E-state index contributed by atoms with van der Waals surface area (Å²) < 4.78 is 34.1. The Kier molecular flexibility index (Phi) is 10.7. The molecule has 4 aromatic carbocycles. The number of ether oxygens (including phenoxy) is 3. The summed E-state index contributed by atoms with van der Waals surface area (Å²) in [4.78, 5) is 35.9. The Balaban J connectivity index is 0.00000441. The summed E-state index contributed by atoms with van der Waals surface area (Å²) >= 11 is 0. The summed E-state index contributed by atoms with van der Waals surface area (Å²) in [5.41, 5.74) is 6.49. The molecule has 10 nitrogen and oxygen atoms in total. The van der Waals surface area contributed by atoms with Crippen LogP contribution in [0.15, 0.2) is 91.0 Å². The van der Waals surface area contributed by atoms with E-state index in [2.05, 4.69) is 27.7 Å². The summed E-state index contributed by atoms with van der Waals surface area (Å²) in [7, 11) is 0. The Morgan fingerprint density at radius 1 is 0.821 bits per heavy atom. The van der Waals surface area contributed by atoms with Gasteiger partial charge in [0.25, 0.3) is 11.8 Å². The molecule has 5 heterocycles. The monoisotopic (exact) mass is 778 g/mol. The van der Waals surface area contributed by atoms with Crippen LogP contribution in [0.5, 0.6) is 17.2 Å². The molecule has 9 rings (SSSR count). The number of carbonyl (C=O) groups excluding carboxylic acids is 2. The first kappa shape index (κ1) is 37.6. The predicted molar refractivity (Wildman–Crippen MR) is 213 cm³/mol. The Morgan fingerprint density at radius 3 is 2.38 bits per heavy atom. The van der Waals surface area contributed by atoms with Crippen molar-refractivity contribution in [2.24, 2.45) is 0 Å². The molecule has 56 heavy (non-hydrogen) atoms. The lowest BCUT2D eigenvalue weighted by Gasteiger charge is -2.39. The minimum atomic E-state index is -0.472. The van der Waals surface area contributed by atoms with E-state index in [9.17, 15) is 14.3 Å². The Morgan fingerprint density at radius 2 is 1.59 bits per heavy atom. The Hall–Kier alpha value is -5.36. The second-order valence-corrected chi connectivity index (χ2v) is 14.7. The minimum Gasteiger partial charge on any atom is -0.508 e. The number of halogens is 2. The molecule has 12 heteroatoms. The van der Waals surface area contributed by atoms with Crippen molar-refractivity contribution in [3.63, 3.8) is 0 Å². The van der Waals surface area contributed by atoms with Crippen molar-refractivity contribution in [1.82, 2.24) is 14.4 Å². The fourth-order valence-corrected chi connectivity index (χ4v) is 8.53. The standard InChI is InChI=1S/C44H43FN4O6.ClH/c45-31-8-5-9-34(23-31)49(32-11-13-35(50)14-12-32)44(52)38-24-40(47-16-4-3-10-39(38)47)36-25-41-42(55-28-54-41)26-37(36)43(51)48-27-30-7-2-1-6-29(30)22-33(48)15-17-46-18-20-53-21-19-46;/h1-2,5-9,11-14,23-26,33,50H,3-4,10,15-22,27-28H2;1H/t33-;/m1./s1. The number of phenols is 1. The van der Waals surface area contributed by atoms with Crippen molar-refractivity contribution >= 4 is 35.6 Å². The van der Waals surface area contributed by atoms with Gasteiger partial charge in [0, 0.05) is 61.4 Å². The van der Waals surface area contributed by atoms with Crippen LogP contribution in [-0.2, 0) is 30.7 Å². The van der Waals surface area contributed by atoms with E-state index in [1.807, 2.05) is 23.1 Å². The average molecular weight is 779 g/mol. The van der Waals surface area contributed by atoms with Gasteiger partial charge in [0.1, 0.15) is 11.6 Å². The van der Waals surface area contributed by atoms with Gasteiger partial charge in [-0.1, -0.05) is 30.3 Å². The molecule has 4 aliphatic rings. The predicted octanol–water partition coefficient (Wildman–Crippen LogP) is 7.75. The van der Waals surface area contributed by atoms with E-state index in [1.54, 1.807) is 30.3 Å². The van der Waals surface area contributed by atoms with Crippen LogP contribution in [0.2, 0.25) is 0 Å². The molecule has 0 spiro atoms. The van der Waals surface area contributed by atoms with Crippen molar-refractivity contribution in [3.05, 3.63) is 125 Å².